The van der Waals surface area contributed by atoms with E-state index in [1.54, 1.807) is 14.2 Å². The van der Waals surface area contributed by atoms with Gasteiger partial charge in [-0.1, -0.05) is 6.42 Å². The van der Waals surface area contributed by atoms with Gasteiger partial charge in [-0.3, -0.25) is 0 Å². The maximum Gasteiger partial charge on any atom is 0.126 e. The first-order chi connectivity index (χ1) is 8.59. The lowest BCUT2D eigenvalue weighted by molar-refractivity contribution is 0.240. The molecular weight excluding hydrogens is 226 g/mol. The zero-order valence-electron chi connectivity index (χ0n) is 11.8. The van der Waals surface area contributed by atoms with E-state index in [1.807, 2.05) is 6.07 Å². The minimum atomic E-state index is 0.0920. The van der Waals surface area contributed by atoms with E-state index in [2.05, 4.69) is 13.8 Å². The van der Waals surface area contributed by atoms with E-state index in [0.717, 1.165) is 29.9 Å². The molecule has 0 spiro atoms. The SMILES string of the molecule is COc1cc(C)c(OC)c(C2(CN)CCC2)c1C. The van der Waals surface area contributed by atoms with Crippen LogP contribution in [0.3, 0.4) is 0 Å². The van der Waals surface area contributed by atoms with Gasteiger partial charge in [-0.15, -0.1) is 0 Å². The standard InChI is InChI=1S/C15H23NO2/c1-10-8-12(17-3)11(2)13(14(10)18-4)15(9-16)6-5-7-15/h8H,5-7,9,16H2,1-4H3. The van der Waals surface area contributed by atoms with Gasteiger partial charge in [-0.25, -0.2) is 0 Å². The van der Waals surface area contributed by atoms with E-state index < -0.39 is 0 Å². The summed E-state index contributed by atoms with van der Waals surface area (Å²) in [7, 11) is 3.45. The van der Waals surface area contributed by atoms with Crippen LogP contribution in [0.2, 0.25) is 0 Å². The van der Waals surface area contributed by atoms with Crippen LogP contribution in [0.5, 0.6) is 11.5 Å². The molecule has 1 aromatic carbocycles. The molecule has 2 rings (SSSR count). The average molecular weight is 249 g/mol. The molecule has 1 fully saturated rings. The smallest absolute Gasteiger partial charge is 0.126 e. The molecule has 2 N–H and O–H groups in total. The molecule has 18 heavy (non-hydrogen) atoms. The summed E-state index contributed by atoms with van der Waals surface area (Å²) in [5, 5.41) is 0. The van der Waals surface area contributed by atoms with Crippen LogP contribution in [0.4, 0.5) is 0 Å². The van der Waals surface area contributed by atoms with Gasteiger partial charge in [0.1, 0.15) is 11.5 Å². The van der Waals surface area contributed by atoms with E-state index in [-0.39, 0.29) is 5.41 Å². The summed E-state index contributed by atoms with van der Waals surface area (Å²) in [4.78, 5) is 0. The summed E-state index contributed by atoms with van der Waals surface area (Å²) in [6, 6.07) is 2.04. The molecule has 0 heterocycles. The van der Waals surface area contributed by atoms with Gasteiger partial charge >= 0.3 is 0 Å². The fraction of sp³-hybridized carbons (Fsp3) is 0.600. The monoisotopic (exact) mass is 249 g/mol. The molecule has 0 bridgehead atoms. The second-order valence-corrected chi connectivity index (χ2v) is 5.27. The fourth-order valence-electron chi connectivity index (χ4n) is 3.13. The fourth-order valence-corrected chi connectivity index (χ4v) is 3.13. The third kappa shape index (κ3) is 1.77. The predicted molar refractivity (Wildman–Crippen MR) is 73.6 cm³/mol. The van der Waals surface area contributed by atoms with Crippen molar-refractivity contribution >= 4 is 0 Å². The Bertz CT molecular complexity index is 445. The van der Waals surface area contributed by atoms with Crippen molar-refractivity contribution in [2.45, 2.75) is 38.5 Å². The molecule has 1 aliphatic rings. The van der Waals surface area contributed by atoms with E-state index in [0.29, 0.717) is 6.54 Å². The quantitative estimate of drug-likeness (QED) is 0.892. The molecule has 3 nitrogen and oxygen atoms in total. The van der Waals surface area contributed by atoms with Crippen molar-refractivity contribution in [2.75, 3.05) is 20.8 Å². The van der Waals surface area contributed by atoms with Gasteiger partial charge < -0.3 is 15.2 Å². The zero-order valence-corrected chi connectivity index (χ0v) is 11.8. The number of ether oxygens (including phenoxy) is 2. The van der Waals surface area contributed by atoms with Crippen molar-refractivity contribution in [1.82, 2.24) is 0 Å². The highest BCUT2D eigenvalue weighted by molar-refractivity contribution is 5.57. The lowest BCUT2D eigenvalue weighted by atomic mass is 9.63. The van der Waals surface area contributed by atoms with Gasteiger partial charge in [0.05, 0.1) is 14.2 Å². The average Bonchev–Trinajstić information content (AvgIpc) is 2.32. The maximum atomic E-state index is 6.04. The van der Waals surface area contributed by atoms with Crippen molar-refractivity contribution in [2.24, 2.45) is 5.73 Å². The van der Waals surface area contributed by atoms with Crippen LogP contribution < -0.4 is 15.2 Å². The van der Waals surface area contributed by atoms with Crippen LogP contribution in [0, 0.1) is 13.8 Å². The summed E-state index contributed by atoms with van der Waals surface area (Å²) >= 11 is 0. The molecule has 1 saturated carbocycles. The molecule has 3 heteroatoms. The number of methoxy groups -OCH3 is 2. The van der Waals surface area contributed by atoms with Crippen molar-refractivity contribution in [3.63, 3.8) is 0 Å². The van der Waals surface area contributed by atoms with Crippen molar-refractivity contribution in [1.29, 1.82) is 0 Å². The van der Waals surface area contributed by atoms with Crippen molar-refractivity contribution in [3.05, 3.63) is 22.8 Å². The van der Waals surface area contributed by atoms with Gasteiger partial charge in [-0.05, 0) is 43.9 Å². The van der Waals surface area contributed by atoms with Gasteiger partial charge in [-0.2, -0.15) is 0 Å². The first-order valence-electron chi connectivity index (χ1n) is 6.52. The molecule has 1 aliphatic carbocycles. The molecule has 0 aliphatic heterocycles. The van der Waals surface area contributed by atoms with Crippen LogP contribution >= 0.6 is 0 Å². The first-order valence-corrected chi connectivity index (χ1v) is 6.52. The van der Waals surface area contributed by atoms with Crippen LogP contribution in [-0.4, -0.2) is 20.8 Å². The number of hydrogen-bond donors (Lipinski definition) is 1. The normalized spacial score (nSPS) is 17.2. The van der Waals surface area contributed by atoms with E-state index in [1.165, 1.54) is 17.5 Å². The second kappa shape index (κ2) is 4.81. The van der Waals surface area contributed by atoms with Crippen LogP contribution in [-0.2, 0) is 5.41 Å². The molecule has 0 aromatic heterocycles. The Morgan fingerprint density at radius 2 is 1.89 bits per heavy atom. The third-order valence-electron chi connectivity index (χ3n) is 4.33. The number of rotatable bonds is 4. The Balaban J connectivity index is 2.66. The minimum Gasteiger partial charge on any atom is -0.496 e. The molecule has 0 saturated heterocycles. The molecule has 1 aromatic rings. The van der Waals surface area contributed by atoms with Crippen LogP contribution in [0.1, 0.15) is 36.0 Å². The van der Waals surface area contributed by atoms with Gasteiger partial charge in [0.25, 0.3) is 0 Å². The minimum absolute atomic E-state index is 0.0920. The third-order valence-corrected chi connectivity index (χ3v) is 4.33. The topological polar surface area (TPSA) is 44.5 Å². The lowest BCUT2D eigenvalue weighted by Crippen LogP contribution is -2.42. The highest BCUT2D eigenvalue weighted by atomic mass is 16.5. The van der Waals surface area contributed by atoms with E-state index in [4.69, 9.17) is 15.2 Å². The molecular formula is C15H23NO2. The highest BCUT2D eigenvalue weighted by Crippen LogP contribution is 2.50. The van der Waals surface area contributed by atoms with Crippen LogP contribution in [0.15, 0.2) is 6.07 Å². The molecule has 0 atom stereocenters. The summed E-state index contributed by atoms with van der Waals surface area (Å²) in [6.07, 6.45) is 3.54. The van der Waals surface area contributed by atoms with Gasteiger partial charge in [0.15, 0.2) is 0 Å². The van der Waals surface area contributed by atoms with Gasteiger partial charge in [0, 0.05) is 17.5 Å². The Hall–Kier alpha value is -1.22. The van der Waals surface area contributed by atoms with Crippen LogP contribution in [0.25, 0.3) is 0 Å². The summed E-state index contributed by atoms with van der Waals surface area (Å²) < 4.78 is 11.1. The lowest BCUT2D eigenvalue weighted by Gasteiger charge is -2.43. The molecule has 0 unspecified atom stereocenters. The summed E-state index contributed by atoms with van der Waals surface area (Å²) in [5.74, 6) is 1.92. The molecule has 0 amide bonds. The van der Waals surface area contributed by atoms with E-state index >= 15 is 0 Å². The zero-order chi connectivity index (χ0) is 13.3. The van der Waals surface area contributed by atoms with Gasteiger partial charge in [0.2, 0.25) is 0 Å². The Labute approximate surface area is 109 Å². The van der Waals surface area contributed by atoms with E-state index in [9.17, 15) is 0 Å². The summed E-state index contributed by atoms with van der Waals surface area (Å²) in [5.41, 5.74) is 9.68. The number of nitrogens with two attached hydrogens (primary N) is 1. The molecule has 0 radical (unpaired) electrons. The highest BCUT2D eigenvalue weighted by Gasteiger charge is 2.41. The van der Waals surface area contributed by atoms with Crippen molar-refractivity contribution in [3.8, 4) is 11.5 Å². The van der Waals surface area contributed by atoms with Crippen molar-refractivity contribution < 1.29 is 9.47 Å². The number of hydrogen-bond acceptors (Lipinski definition) is 3. The predicted octanol–water partition coefficient (Wildman–Crippen LogP) is 2.70. The largest absolute Gasteiger partial charge is 0.496 e. The number of benzene rings is 1. The molecule has 100 valence electrons. The number of aryl methyl sites for hydroxylation is 1. The Morgan fingerprint density at radius 1 is 1.22 bits per heavy atom. The first kappa shape index (κ1) is 13.2. The maximum absolute atomic E-state index is 6.04. The Kier molecular flexibility index (Phi) is 3.53. The summed E-state index contributed by atoms with van der Waals surface area (Å²) in [6.45, 7) is 4.84. The Morgan fingerprint density at radius 3 is 2.28 bits per heavy atom. The second-order valence-electron chi connectivity index (χ2n) is 5.27.